The van der Waals surface area contributed by atoms with E-state index in [0.29, 0.717) is 10.9 Å². The Morgan fingerprint density at radius 1 is 1.19 bits per heavy atom. The number of rotatable bonds is 3. The summed E-state index contributed by atoms with van der Waals surface area (Å²) >= 11 is 7.22. The summed E-state index contributed by atoms with van der Waals surface area (Å²) in [6.45, 7) is 0.515. The van der Waals surface area contributed by atoms with E-state index in [1.165, 1.54) is 11.3 Å². The summed E-state index contributed by atoms with van der Waals surface area (Å²) in [5.41, 5.74) is 7.43. The molecule has 0 bridgehead atoms. The van der Waals surface area contributed by atoms with E-state index in [-0.39, 0.29) is 0 Å². The molecule has 0 saturated heterocycles. The highest BCUT2D eigenvalue weighted by atomic mass is 35.5. The molecular formula is C12H12ClNOS. The minimum absolute atomic E-state index is 0.515. The molecule has 0 aliphatic carbocycles. The molecule has 16 heavy (non-hydrogen) atoms. The molecule has 4 heteroatoms. The molecule has 1 aromatic heterocycles. The van der Waals surface area contributed by atoms with Gasteiger partial charge in [0.1, 0.15) is 6.10 Å². The van der Waals surface area contributed by atoms with E-state index in [4.69, 9.17) is 17.3 Å². The van der Waals surface area contributed by atoms with Gasteiger partial charge in [-0.05, 0) is 23.3 Å². The van der Waals surface area contributed by atoms with Crippen LogP contribution >= 0.6 is 22.9 Å². The van der Waals surface area contributed by atoms with Crippen molar-refractivity contribution in [2.75, 3.05) is 0 Å². The van der Waals surface area contributed by atoms with Gasteiger partial charge >= 0.3 is 0 Å². The predicted molar refractivity (Wildman–Crippen MR) is 67.7 cm³/mol. The Morgan fingerprint density at radius 3 is 2.38 bits per heavy atom. The molecule has 0 aliphatic heterocycles. The van der Waals surface area contributed by atoms with Crippen molar-refractivity contribution in [1.29, 1.82) is 0 Å². The van der Waals surface area contributed by atoms with E-state index >= 15 is 0 Å². The molecular weight excluding hydrogens is 242 g/mol. The number of aliphatic hydroxyl groups excluding tert-OH is 1. The van der Waals surface area contributed by atoms with Crippen LogP contribution in [0.5, 0.6) is 0 Å². The second kappa shape index (κ2) is 4.97. The lowest BCUT2D eigenvalue weighted by Gasteiger charge is -2.09. The van der Waals surface area contributed by atoms with Crippen molar-refractivity contribution in [2.24, 2.45) is 5.73 Å². The van der Waals surface area contributed by atoms with Crippen molar-refractivity contribution >= 4 is 22.9 Å². The quantitative estimate of drug-likeness (QED) is 0.884. The molecule has 84 valence electrons. The molecule has 2 aromatic rings. The van der Waals surface area contributed by atoms with Gasteiger partial charge < -0.3 is 10.8 Å². The molecule has 3 N–H and O–H groups in total. The standard InChI is InChI=1S/C12H12ClNOS/c13-11-6-5-10(16-11)12(15)9-3-1-8(7-14)2-4-9/h1-6,12,15H,7,14H2. The fourth-order valence-corrected chi connectivity index (χ4v) is 2.55. The molecule has 1 heterocycles. The molecule has 1 unspecified atom stereocenters. The van der Waals surface area contributed by atoms with E-state index < -0.39 is 6.10 Å². The number of halogens is 1. The van der Waals surface area contributed by atoms with Crippen LogP contribution < -0.4 is 5.73 Å². The van der Waals surface area contributed by atoms with Gasteiger partial charge in [-0.15, -0.1) is 11.3 Å². The average Bonchev–Trinajstić information content (AvgIpc) is 2.75. The zero-order chi connectivity index (χ0) is 11.5. The third-order valence-corrected chi connectivity index (χ3v) is 3.68. The van der Waals surface area contributed by atoms with Crippen LogP contribution in [0, 0.1) is 0 Å². The van der Waals surface area contributed by atoms with E-state index in [2.05, 4.69) is 0 Å². The van der Waals surface area contributed by atoms with Crippen molar-refractivity contribution in [3.05, 3.63) is 56.7 Å². The molecule has 0 aliphatic rings. The Labute approximate surface area is 103 Å². The van der Waals surface area contributed by atoms with Gasteiger partial charge in [-0.2, -0.15) is 0 Å². The first-order valence-electron chi connectivity index (χ1n) is 4.93. The topological polar surface area (TPSA) is 46.2 Å². The Kier molecular flexibility index (Phi) is 3.61. The maximum Gasteiger partial charge on any atom is 0.113 e. The lowest BCUT2D eigenvalue weighted by molar-refractivity contribution is 0.224. The van der Waals surface area contributed by atoms with Crippen molar-refractivity contribution in [3.8, 4) is 0 Å². The van der Waals surface area contributed by atoms with Crippen LogP contribution in [0.2, 0.25) is 4.34 Å². The Hall–Kier alpha value is -0.870. The zero-order valence-electron chi connectivity index (χ0n) is 8.56. The number of aliphatic hydroxyl groups is 1. The fourth-order valence-electron chi connectivity index (χ4n) is 1.48. The highest BCUT2D eigenvalue weighted by molar-refractivity contribution is 7.16. The van der Waals surface area contributed by atoms with E-state index in [1.54, 1.807) is 6.07 Å². The summed E-state index contributed by atoms with van der Waals surface area (Å²) in [5, 5.41) is 10.1. The monoisotopic (exact) mass is 253 g/mol. The zero-order valence-corrected chi connectivity index (χ0v) is 10.1. The molecule has 0 radical (unpaired) electrons. The van der Waals surface area contributed by atoms with Crippen molar-refractivity contribution < 1.29 is 5.11 Å². The number of nitrogens with two attached hydrogens (primary N) is 1. The van der Waals surface area contributed by atoms with Gasteiger partial charge in [0.15, 0.2) is 0 Å². The third kappa shape index (κ3) is 2.44. The third-order valence-electron chi connectivity index (χ3n) is 2.39. The van der Waals surface area contributed by atoms with Gasteiger partial charge in [0.25, 0.3) is 0 Å². The normalized spacial score (nSPS) is 12.7. The molecule has 0 fully saturated rings. The van der Waals surface area contributed by atoms with E-state index in [0.717, 1.165) is 16.0 Å². The predicted octanol–water partition coefficient (Wildman–Crippen LogP) is 2.94. The number of benzene rings is 1. The summed E-state index contributed by atoms with van der Waals surface area (Å²) in [6, 6.07) is 11.3. The largest absolute Gasteiger partial charge is 0.383 e. The van der Waals surface area contributed by atoms with Gasteiger partial charge in [0.05, 0.1) is 4.34 Å². The van der Waals surface area contributed by atoms with Crippen molar-refractivity contribution in [2.45, 2.75) is 12.6 Å². The molecule has 1 aromatic carbocycles. The lowest BCUT2D eigenvalue weighted by atomic mass is 10.1. The van der Waals surface area contributed by atoms with Crippen molar-refractivity contribution in [3.63, 3.8) is 0 Å². The first-order valence-corrected chi connectivity index (χ1v) is 6.12. The Balaban J connectivity index is 2.23. The number of hydrogen-bond donors (Lipinski definition) is 2. The summed E-state index contributed by atoms with van der Waals surface area (Å²) in [7, 11) is 0. The van der Waals surface area contributed by atoms with E-state index in [1.807, 2.05) is 30.3 Å². The lowest BCUT2D eigenvalue weighted by Crippen LogP contribution is -1.99. The van der Waals surface area contributed by atoms with Crippen molar-refractivity contribution in [1.82, 2.24) is 0 Å². The molecule has 1 atom stereocenters. The second-order valence-electron chi connectivity index (χ2n) is 3.49. The Bertz CT molecular complexity index is 466. The highest BCUT2D eigenvalue weighted by Gasteiger charge is 2.12. The van der Waals surface area contributed by atoms with Crippen LogP contribution in [0.3, 0.4) is 0 Å². The first-order chi connectivity index (χ1) is 7.70. The summed E-state index contributed by atoms with van der Waals surface area (Å²) in [5.74, 6) is 0. The van der Waals surface area contributed by atoms with Crippen LogP contribution in [0.25, 0.3) is 0 Å². The molecule has 0 amide bonds. The minimum Gasteiger partial charge on any atom is -0.383 e. The number of thiophene rings is 1. The van der Waals surface area contributed by atoms with Crippen LogP contribution in [-0.2, 0) is 6.54 Å². The fraction of sp³-hybridized carbons (Fsp3) is 0.167. The highest BCUT2D eigenvalue weighted by Crippen LogP contribution is 2.30. The first kappa shape index (κ1) is 11.6. The molecule has 0 saturated carbocycles. The summed E-state index contributed by atoms with van der Waals surface area (Å²) < 4.78 is 0.688. The summed E-state index contributed by atoms with van der Waals surface area (Å²) in [6.07, 6.45) is -0.607. The van der Waals surface area contributed by atoms with E-state index in [9.17, 15) is 5.11 Å². The van der Waals surface area contributed by atoms with Crippen LogP contribution in [0.15, 0.2) is 36.4 Å². The number of hydrogen-bond acceptors (Lipinski definition) is 3. The van der Waals surface area contributed by atoms with Gasteiger partial charge in [0.2, 0.25) is 0 Å². The second-order valence-corrected chi connectivity index (χ2v) is 5.24. The van der Waals surface area contributed by atoms with Gasteiger partial charge in [-0.3, -0.25) is 0 Å². The SMILES string of the molecule is NCc1ccc(C(O)c2ccc(Cl)s2)cc1. The molecule has 2 nitrogen and oxygen atoms in total. The van der Waals surface area contributed by atoms with Gasteiger partial charge in [0, 0.05) is 11.4 Å². The maximum absolute atomic E-state index is 10.1. The van der Waals surface area contributed by atoms with Gasteiger partial charge in [-0.1, -0.05) is 35.9 Å². The van der Waals surface area contributed by atoms with Crippen LogP contribution in [-0.4, -0.2) is 5.11 Å². The average molecular weight is 254 g/mol. The maximum atomic E-state index is 10.1. The van der Waals surface area contributed by atoms with Crippen LogP contribution in [0.1, 0.15) is 22.1 Å². The summed E-state index contributed by atoms with van der Waals surface area (Å²) in [4.78, 5) is 0.852. The minimum atomic E-state index is -0.607. The van der Waals surface area contributed by atoms with Crippen LogP contribution in [0.4, 0.5) is 0 Å². The molecule has 0 spiro atoms. The molecule has 2 rings (SSSR count). The smallest absolute Gasteiger partial charge is 0.113 e. The Morgan fingerprint density at radius 2 is 1.88 bits per heavy atom. The van der Waals surface area contributed by atoms with Gasteiger partial charge in [-0.25, -0.2) is 0 Å².